The van der Waals surface area contributed by atoms with Gasteiger partial charge in [0.05, 0.1) is 12.5 Å². The summed E-state index contributed by atoms with van der Waals surface area (Å²) in [5, 5.41) is 0. The van der Waals surface area contributed by atoms with Crippen molar-refractivity contribution in [1.82, 2.24) is 0 Å². The smallest absolute Gasteiger partial charge is 0.313 e. The van der Waals surface area contributed by atoms with Crippen molar-refractivity contribution in [2.75, 3.05) is 6.61 Å². The highest BCUT2D eigenvalue weighted by molar-refractivity contribution is 6.09. The highest BCUT2D eigenvalue weighted by atomic mass is 19.1. The lowest BCUT2D eigenvalue weighted by Gasteiger charge is -2.12. The van der Waals surface area contributed by atoms with Gasteiger partial charge in [0.15, 0.2) is 5.78 Å². The maximum Gasteiger partial charge on any atom is 0.313 e. The molecule has 0 fully saturated rings. The lowest BCUT2D eigenvalue weighted by Crippen LogP contribution is -2.13. The molecule has 2 rings (SSSR count). The molecule has 0 aromatic heterocycles. The first kappa shape index (κ1) is 15.9. The van der Waals surface area contributed by atoms with Crippen LogP contribution in [0.25, 0.3) is 0 Å². The van der Waals surface area contributed by atoms with E-state index in [1.807, 2.05) is 0 Å². The second-order valence-electron chi connectivity index (χ2n) is 4.94. The highest BCUT2D eigenvalue weighted by Gasteiger charge is 2.18. The minimum absolute atomic E-state index is 0.210. The number of ketones is 1. The van der Waals surface area contributed by atoms with Gasteiger partial charge in [-0.15, -0.1) is 0 Å². The third-order valence-corrected chi connectivity index (χ3v) is 3.40. The Bertz CT molecular complexity index is 677. The summed E-state index contributed by atoms with van der Waals surface area (Å²) in [5.74, 6) is -1.37. The largest absolute Gasteiger partial charge is 0.466 e. The number of benzene rings is 2. The van der Waals surface area contributed by atoms with E-state index in [1.165, 1.54) is 24.3 Å². The van der Waals surface area contributed by atoms with Crippen LogP contribution in [0.2, 0.25) is 0 Å². The van der Waals surface area contributed by atoms with Crippen LogP contribution < -0.4 is 0 Å². The Labute approximate surface area is 128 Å². The molecule has 2 aromatic carbocycles. The summed E-state index contributed by atoms with van der Waals surface area (Å²) < 4.78 is 17.9. The monoisotopic (exact) mass is 300 g/mol. The van der Waals surface area contributed by atoms with Crippen molar-refractivity contribution < 1.29 is 18.7 Å². The molecule has 114 valence electrons. The minimum atomic E-state index is -0.444. The molecule has 0 aliphatic heterocycles. The normalized spacial score (nSPS) is 11.8. The number of rotatable bonds is 5. The zero-order chi connectivity index (χ0) is 16.1. The zero-order valence-electron chi connectivity index (χ0n) is 12.5. The zero-order valence-corrected chi connectivity index (χ0v) is 12.5. The van der Waals surface area contributed by atoms with Crippen LogP contribution in [0.1, 0.15) is 41.3 Å². The third-order valence-electron chi connectivity index (χ3n) is 3.40. The van der Waals surface area contributed by atoms with E-state index >= 15 is 0 Å². The first-order valence-electron chi connectivity index (χ1n) is 7.09. The fourth-order valence-electron chi connectivity index (χ4n) is 2.12. The molecule has 4 heteroatoms. The van der Waals surface area contributed by atoms with E-state index in [1.54, 1.807) is 38.1 Å². The standard InChI is InChI=1S/C18H17FO3/c1-3-22-18(21)12(2)14-5-4-6-15(11-14)17(20)13-7-9-16(19)10-8-13/h4-12H,3H2,1-2H3. The van der Waals surface area contributed by atoms with Crippen molar-refractivity contribution in [3.63, 3.8) is 0 Å². The Balaban J connectivity index is 2.26. The van der Waals surface area contributed by atoms with E-state index in [4.69, 9.17) is 4.74 Å². The van der Waals surface area contributed by atoms with Crippen molar-refractivity contribution in [2.45, 2.75) is 19.8 Å². The van der Waals surface area contributed by atoms with Crippen molar-refractivity contribution in [1.29, 1.82) is 0 Å². The van der Waals surface area contributed by atoms with Crippen molar-refractivity contribution >= 4 is 11.8 Å². The van der Waals surface area contributed by atoms with E-state index in [0.717, 1.165) is 0 Å². The Hall–Kier alpha value is -2.49. The molecule has 0 amide bonds. The van der Waals surface area contributed by atoms with Crippen LogP contribution in [-0.4, -0.2) is 18.4 Å². The lowest BCUT2D eigenvalue weighted by molar-refractivity contribution is -0.144. The van der Waals surface area contributed by atoms with Crippen LogP contribution in [0.4, 0.5) is 4.39 Å². The van der Waals surface area contributed by atoms with Gasteiger partial charge in [-0.25, -0.2) is 4.39 Å². The van der Waals surface area contributed by atoms with Gasteiger partial charge in [-0.05, 0) is 49.7 Å². The first-order chi connectivity index (χ1) is 10.5. The highest BCUT2D eigenvalue weighted by Crippen LogP contribution is 2.20. The summed E-state index contributed by atoms with van der Waals surface area (Å²) in [6, 6.07) is 12.2. The number of halogens is 1. The fraction of sp³-hybridized carbons (Fsp3) is 0.222. The molecule has 0 aliphatic rings. The maximum absolute atomic E-state index is 12.9. The summed E-state index contributed by atoms with van der Waals surface area (Å²) in [4.78, 5) is 24.2. The molecule has 0 spiro atoms. The maximum atomic E-state index is 12.9. The summed E-state index contributed by atoms with van der Waals surface area (Å²) in [5.41, 5.74) is 1.58. The molecule has 0 saturated carbocycles. The number of carbonyl (C=O) groups excluding carboxylic acids is 2. The topological polar surface area (TPSA) is 43.4 Å². The van der Waals surface area contributed by atoms with Crippen molar-refractivity contribution in [2.24, 2.45) is 0 Å². The summed E-state index contributed by atoms with van der Waals surface area (Å²) in [7, 11) is 0. The molecule has 22 heavy (non-hydrogen) atoms. The minimum Gasteiger partial charge on any atom is -0.466 e. The molecule has 0 bridgehead atoms. The first-order valence-corrected chi connectivity index (χ1v) is 7.09. The molecule has 1 atom stereocenters. The lowest BCUT2D eigenvalue weighted by atomic mass is 9.96. The number of hydrogen-bond acceptors (Lipinski definition) is 3. The van der Waals surface area contributed by atoms with Gasteiger partial charge >= 0.3 is 5.97 Å². The van der Waals surface area contributed by atoms with Crippen LogP contribution in [0.3, 0.4) is 0 Å². The van der Waals surface area contributed by atoms with E-state index in [-0.39, 0.29) is 17.6 Å². The Morgan fingerprint density at radius 2 is 1.77 bits per heavy atom. The molecule has 0 N–H and O–H groups in total. The van der Waals surface area contributed by atoms with Gasteiger partial charge in [0.1, 0.15) is 5.82 Å². The third kappa shape index (κ3) is 3.58. The molecule has 2 aromatic rings. The Morgan fingerprint density at radius 3 is 2.41 bits per heavy atom. The SMILES string of the molecule is CCOC(=O)C(C)c1cccc(C(=O)c2ccc(F)cc2)c1. The van der Waals surface area contributed by atoms with Gasteiger partial charge in [-0.3, -0.25) is 9.59 Å². The quantitative estimate of drug-likeness (QED) is 0.624. The van der Waals surface area contributed by atoms with Gasteiger partial charge in [-0.1, -0.05) is 18.2 Å². The van der Waals surface area contributed by atoms with E-state index < -0.39 is 5.92 Å². The predicted octanol–water partition coefficient (Wildman–Crippen LogP) is 3.72. The molecule has 3 nitrogen and oxygen atoms in total. The van der Waals surface area contributed by atoms with E-state index in [0.29, 0.717) is 23.3 Å². The van der Waals surface area contributed by atoms with Crippen molar-refractivity contribution in [3.8, 4) is 0 Å². The fourth-order valence-corrected chi connectivity index (χ4v) is 2.12. The number of ether oxygens (including phenoxy) is 1. The molecule has 0 saturated heterocycles. The van der Waals surface area contributed by atoms with Crippen LogP contribution in [0.5, 0.6) is 0 Å². The van der Waals surface area contributed by atoms with Crippen LogP contribution in [-0.2, 0) is 9.53 Å². The van der Waals surface area contributed by atoms with Crippen molar-refractivity contribution in [3.05, 3.63) is 71.0 Å². The second-order valence-corrected chi connectivity index (χ2v) is 4.94. The second kappa shape index (κ2) is 6.98. The van der Waals surface area contributed by atoms with E-state index in [9.17, 15) is 14.0 Å². The number of esters is 1. The molecular formula is C18H17FO3. The van der Waals surface area contributed by atoms with Crippen LogP contribution >= 0.6 is 0 Å². The molecule has 0 radical (unpaired) electrons. The van der Waals surface area contributed by atoms with Gasteiger partial charge in [0, 0.05) is 11.1 Å². The van der Waals surface area contributed by atoms with Gasteiger partial charge < -0.3 is 4.74 Å². The Morgan fingerprint density at radius 1 is 1.09 bits per heavy atom. The summed E-state index contributed by atoms with van der Waals surface area (Å²) >= 11 is 0. The average Bonchev–Trinajstić information content (AvgIpc) is 2.54. The van der Waals surface area contributed by atoms with Crippen LogP contribution in [0, 0.1) is 5.82 Å². The van der Waals surface area contributed by atoms with E-state index in [2.05, 4.69) is 0 Å². The molecule has 0 heterocycles. The molecule has 1 unspecified atom stereocenters. The number of carbonyl (C=O) groups is 2. The van der Waals surface area contributed by atoms with Gasteiger partial charge in [-0.2, -0.15) is 0 Å². The summed E-state index contributed by atoms with van der Waals surface area (Å²) in [6.45, 7) is 3.80. The summed E-state index contributed by atoms with van der Waals surface area (Å²) in [6.07, 6.45) is 0. The molecule has 0 aliphatic carbocycles. The van der Waals surface area contributed by atoms with Gasteiger partial charge in [0.2, 0.25) is 0 Å². The average molecular weight is 300 g/mol. The predicted molar refractivity (Wildman–Crippen MR) is 81.3 cm³/mol. The van der Waals surface area contributed by atoms with Crippen LogP contribution in [0.15, 0.2) is 48.5 Å². The Kier molecular flexibility index (Phi) is 5.04. The molecular weight excluding hydrogens is 283 g/mol. The van der Waals surface area contributed by atoms with Gasteiger partial charge in [0.25, 0.3) is 0 Å². The number of hydrogen-bond donors (Lipinski definition) is 0.